The molecule has 1 heterocycles. The fraction of sp³-hybridized carbons (Fsp3) is 0.538. The maximum atomic E-state index is 11.6. The third-order valence-electron chi connectivity index (χ3n) is 3.52. The van der Waals surface area contributed by atoms with E-state index in [1.807, 2.05) is 12.1 Å². The Bertz CT molecular complexity index is 551. The van der Waals surface area contributed by atoms with Gasteiger partial charge in [0.05, 0.1) is 24.2 Å². The number of rotatable bonds is 3. The van der Waals surface area contributed by atoms with E-state index in [-0.39, 0.29) is 0 Å². The van der Waals surface area contributed by atoms with Crippen molar-refractivity contribution >= 4 is 21.4 Å². The molecule has 1 aromatic carbocycles. The summed E-state index contributed by atoms with van der Waals surface area (Å²) < 4.78 is 29.9. The van der Waals surface area contributed by atoms with Crippen LogP contribution in [0.25, 0.3) is 0 Å². The predicted molar refractivity (Wildman–Crippen MR) is 76.9 cm³/mol. The highest BCUT2D eigenvalue weighted by Crippen LogP contribution is 2.32. The minimum Gasteiger partial charge on any atom is -0.397 e. The van der Waals surface area contributed by atoms with Crippen LogP contribution in [0.2, 0.25) is 0 Å². The molecule has 0 amide bonds. The van der Waals surface area contributed by atoms with Crippen molar-refractivity contribution in [3.63, 3.8) is 0 Å². The molecule has 1 unspecified atom stereocenters. The van der Waals surface area contributed by atoms with Gasteiger partial charge in [-0.05, 0) is 30.5 Å². The molecule has 0 radical (unpaired) electrons. The molecule has 1 atom stereocenters. The van der Waals surface area contributed by atoms with Gasteiger partial charge in [0.15, 0.2) is 0 Å². The number of anilines is 2. The summed E-state index contributed by atoms with van der Waals surface area (Å²) in [5, 5.41) is 0. The monoisotopic (exact) mass is 284 g/mol. The minimum absolute atomic E-state index is 0.320. The van der Waals surface area contributed by atoms with Crippen LogP contribution in [0.15, 0.2) is 18.2 Å². The van der Waals surface area contributed by atoms with E-state index in [2.05, 4.69) is 0 Å². The van der Waals surface area contributed by atoms with Gasteiger partial charge in [-0.3, -0.25) is 4.31 Å². The summed E-state index contributed by atoms with van der Waals surface area (Å²) in [5.41, 5.74) is 7.96. The smallest absolute Gasteiger partial charge is 0.232 e. The Balaban J connectivity index is 2.34. The quantitative estimate of drug-likeness (QED) is 0.855. The summed E-state index contributed by atoms with van der Waals surface area (Å²) in [5.74, 6) is 0.320. The van der Waals surface area contributed by atoms with Gasteiger partial charge in [-0.2, -0.15) is 0 Å². The molecule has 6 heteroatoms. The lowest BCUT2D eigenvalue weighted by Crippen LogP contribution is -2.26. The second-order valence-corrected chi connectivity index (χ2v) is 6.98. The van der Waals surface area contributed by atoms with Crippen LogP contribution in [-0.4, -0.2) is 34.9 Å². The van der Waals surface area contributed by atoms with Gasteiger partial charge in [-0.25, -0.2) is 8.42 Å². The zero-order valence-corrected chi connectivity index (χ0v) is 12.1. The van der Waals surface area contributed by atoms with E-state index in [1.54, 1.807) is 6.07 Å². The fourth-order valence-electron chi connectivity index (χ4n) is 2.27. The number of nitrogen functional groups attached to an aromatic ring is 1. The average Bonchev–Trinajstić information content (AvgIpc) is 2.38. The van der Waals surface area contributed by atoms with Crippen LogP contribution < -0.4 is 10.0 Å². The van der Waals surface area contributed by atoms with Gasteiger partial charge in [0, 0.05) is 19.6 Å². The van der Waals surface area contributed by atoms with Gasteiger partial charge in [0.25, 0.3) is 0 Å². The number of ether oxygens (including phenoxy) is 1. The maximum Gasteiger partial charge on any atom is 0.232 e. The normalized spacial score (nSPS) is 20.2. The molecule has 5 nitrogen and oxygen atoms in total. The number of nitrogens with zero attached hydrogens (tertiary/aromatic N) is 1. The standard InChI is InChI=1S/C13H20N2O3S/c1-15(19(2,16)17)13-8-10(5-6-12(13)14)11-4-3-7-18-9-11/h5-6,8,11H,3-4,7,9,14H2,1-2H3. The lowest BCUT2D eigenvalue weighted by Gasteiger charge is -2.25. The average molecular weight is 284 g/mol. The van der Waals surface area contributed by atoms with Crippen LogP contribution in [0, 0.1) is 0 Å². The van der Waals surface area contributed by atoms with E-state index in [1.165, 1.54) is 17.6 Å². The molecule has 2 N–H and O–H groups in total. The van der Waals surface area contributed by atoms with Crippen molar-refractivity contribution in [2.75, 3.05) is 36.6 Å². The van der Waals surface area contributed by atoms with E-state index >= 15 is 0 Å². The molecule has 0 aliphatic carbocycles. The highest BCUT2D eigenvalue weighted by molar-refractivity contribution is 7.92. The van der Waals surface area contributed by atoms with Crippen molar-refractivity contribution in [3.05, 3.63) is 23.8 Å². The molecule has 106 valence electrons. The molecule has 1 aromatic rings. The largest absolute Gasteiger partial charge is 0.397 e. The molecule has 0 aromatic heterocycles. The molecule has 1 aliphatic heterocycles. The van der Waals surface area contributed by atoms with Crippen molar-refractivity contribution < 1.29 is 13.2 Å². The lowest BCUT2D eigenvalue weighted by atomic mass is 9.93. The van der Waals surface area contributed by atoms with Crippen molar-refractivity contribution in [3.8, 4) is 0 Å². The Morgan fingerprint density at radius 1 is 1.42 bits per heavy atom. The van der Waals surface area contributed by atoms with E-state index < -0.39 is 10.0 Å². The minimum atomic E-state index is -3.30. The van der Waals surface area contributed by atoms with Gasteiger partial charge in [-0.15, -0.1) is 0 Å². The van der Waals surface area contributed by atoms with Crippen LogP contribution in [0.4, 0.5) is 11.4 Å². The Morgan fingerprint density at radius 3 is 2.74 bits per heavy atom. The summed E-state index contributed by atoms with van der Waals surface area (Å²) in [7, 11) is -1.79. The van der Waals surface area contributed by atoms with Gasteiger partial charge in [0.1, 0.15) is 0 Å². The summed E-state index contributed by atoms with van der Waals surface area (Å²) in [6.45, 7) is 1.49. The second-order valence-electron chi connectivity index (χ2n) is 4.96. The van der Waals surface area contributed by atoms with Crippen LogP contribution in [0.3, 0.4) is 0 Å². The Hall–Kier alpha value is -1.27. The first-order valence-corrected chi connectivity index (χ1v) is 8.15. The second kappa shape index (κ2) is 5.38. The predicted octanol–water partition coefficient (Wildman–Crippen LogP) is 1.56. The highest BCUT2D eigenvalue weighted by Gasteiger charge is 2.20. The van der Waals surface area contributed by atoms with Crippen molar-refractivity contribution in [1.29, 1.82) is 0 Å². The number of benzene rings is 1. The zero-order chi connectivity index (χ0) is 14.0. The molecule has 2 rings (SSSR count). The number of hydrogen-bond acceptors (Lipinski definition) is 4. The van der Waals surface area contributed by atoms with Crippen LogP contribution in [-0.2, 0) is 14.8 Å². The third kappa shape index (κ3) is 3.19. The fourth-order valence-corrected chi connectivity index (χ4v) is 2.79. The van der Waals surface area contributed by atoms with E-state index in [0.717, 1.165) is 25.0 Å². The Morgan fingerprint density at radius 2 is 2.16 bits per heavy atom. The Kier molecular flexibility index (Phi) is 4.01. The molecule has 0 spiro atoms. The third-order valence-corrected chi connectivity index (χ3v) is 4.71. The summed E-state index contributed by atoms with van der Waals surface area (Å²) in [4.78, 5) is 0. The van der Waals surface area contributed by atoms with Gasteiger partial charge in [-0.1, -0.05) is 6.07 Å². The summed E-state index contributed by atoms with van der Waals surface area (Å²) in [6.07, 6.45) is 3.26. The Labute approximate surface area is 114 Å². The zero-order valence-electron chi connectivity index (χ0n) is 11.3. The first-order chi connectivity index (χ1) is 8.89. The molecular formula is C13H20N2O3S. The number of hydrogen-bond donors (Lipinski definition) is 1. The van der Waals surface area contributed by atoms with Gasteiger partial charge >= 0.3 is 0 Å². The van der Waals surface area contributed by atoms with Gasteiger partial charge in [0.2, 0.25) is 10.0 Å². The van der Waals surface area contributed by atoms with Crippen molar-refractivity contribution in [1.82, 2.24) is 0 Å². The maximum absolute atomic E-state index is 11.6. The molecule has 0 bridgehead atoms. The molecule has 1 aliphatic rings. The molecule has 1 saturated heterocycles. The summed E-state index contributed by atoms with van der Waals surface area (Å²) in [6, 6.07) is 5.57. The van der Waals surface area contributed by atoms with Crippen molar-refractivity contribution in [2.24, 2.45) is 0 Å². The molecule has 0 saturated carbocycles. The van der Waals surface area contributed by atoms with Crippen LogP contribution in [0.5, 0.6) is 0 Å². The first-order valence-electron chi connectivity index (χ1n) is 6.30. The highest BCUT2D eigenvalue weighted by atomic mass is 32.2. The van der Waals surface area contributed by atoms with E-state index in [4.69, 9.17) is 10.5 Å². The SMILES string of the molecule is CN(c1cc(C2CCCOC2)ccc1N)S(C)(=O)=O. The van der Waals surface area contributed by atoms with E-state index in [0.29, 0.717) is 23.9 Å². The number of nitrogens with two attached hydrogens (primary N) is 1. The van der Waals surface area contributed by atoms with E-state index in [9.17, 15) is 8.42 Å². The first kappa shape index (κ1) is 14.1. The topological polar surface area (TPSA) is 72.6 Å². The number of sulfonamides is 1. The molecule has 19 heavy (non-hydrogen) atoms. The van der Waals surface area contributed by atoms with Gasteiger partial charge < -0.3 is 10.5 Å². The molecular weight excluding hydrogens is 264 g/mol. The van der Waals surface area contributed by atoms with Crippen LogP contribution in [0.1, 0.15) is 24.3 Å². The van der Waals surface area contributed by atoms with Crippen LogP contribution >= 0.6 is 0 Å². The molecule has 1 fully saturated rings. The lowest BCUT2D eigenvalue weighted by molar-refractivity contribution is 0.0804. The van der Waals surface area contributed by atoms with Crippen molar-refractivity contribution in [2.45, 2.75) is 18.8 Å². The summed E-state index contributed by atoms with van der Waals surface area (Å²) >= 11 is 0.